The molecular weight excluding hydrogens is 284 g/mol. The number of hydrogen-bond acceptors (Lipinski definition) is 2. The van der Waals surface area contributed by atoms with Crippen LogP contribution in [0.5, 0.6) is 0 Å². The molecule has 0 radical (unpaired) electrons. The molecule has 0 bridgehead atoms. The second kappa shape index (κ2) is 5.57. The molecule has 108 valence electrons. The number of benzene rings is 1. The fourth-order valence-electron chi connectivity index (χ4n) is 3.35. The van der Waals surface area contributed by atoms with E-state index in [1.165, 1.54) is 48.7 Å². The van der Waals surface area contributed by atoms with Gasteiger partial charge in [0, 0.05) is 11.3 Å². The Bertz CT molecular complexity index is 663. The third-order valence-corrected chi connectivity index (χ3v) is 6.30. The quantitative estimate of drug-likeness (QED) is 0.799. The summed E-state index contributed by atoms with van der Waals surface area (Å²) in [7, 11) is 0. The van der Waals surface area contributed by atoms with E-state index in [0.717, 1.165) is 11.3 Å². The van der Waals surface area contributed by atoms with Crippen LogP contribution in [-0.2, 0) is 6.54 Å². The monoisotopic (exact) mass is 306 g/mol. The molecule has 0 unspecified atom stereocenters. The van der Waals surface area contributed by atoms with Crippen LogP contribution >= 0.6 is 24.0 Å². The molecule has 1 N–H and O–H groups in total. The van der Waals surface area contributed by atoms with Crippen LogP contribution in [0.3, 0.4) is 0 Å². The number of nitrogens with one attached hydrogen (secondary N) is 1. The Morgan fingerprint density at radius 2 is 2.05 bits per heavy atom. The average Bonchev–Trinajstić information content (AvgIpc) is 2.75. The molecule has 1 saturated carbocycles. The SMILES string of the molecule is CSC1(Cn2c(=S)[nH]c3cc(C)ccc32)CCCCC1. The lowest BCUT2D eigenvalue weighted by molar-refractivity contribution is 0.360. The van der Waals surface area contributed by atoms with Gasteiger partial charge in [0.05, 0.1) is 11.0 Å². The second-order valence-electron chi connectivity index (χ2n) is 5.98. The summed E-state index contributed by atoms with van der Waals surface area (Å²) < 4.78 is 3.55. The van der Waals surface area contributed by atoms with Gasteiger partial charge >= 0.3 is 0 Å². The summed E-state index contributed by atoms with van der Waals surface area (Å²) in [5, 5.41) is 0. The van der Waals surface area contributed by atoms with E-state index in [9.17, 15) is 0 Å². The van der Waals surface area contributed by atoms with Crippen molar-refractivity contribution in [3.63, 3.8) is 0 Å². The number of fused-ring (bicyclic) bond motifs is 1. The van der Waals surface area contributed by atoms with E-state index in [0.29, 0.717) is 4.75 Å². The number of aryl methyl sites for hydroxylation is 1. The molecule has 1 heterocycles. The molecule has 0 atom stereocenters. The second-order valence-corrected chi connectivity index (χ2v) is 7.65. The molecule has 1 aromatic carbocycles. The standard InChI is InChI=1S/C16H22N2S2/c1-12-6-7-14-13(10-12)17-15(19)18(14)11-16(20-2)8-4-3-5-9-16/h6-7,10H,3-5,8-9,11H2,1-2H3,(H,17,19). The van der Waals surface area contributed by atoms with Gasteiger partial charge < -0.3 is 9.55 Å². The Kier molecular flexibility index (Phi) is 3.95. The van der Waals surface area contributed by atoms with Gasteiger partial charge in [-0.2, -0.15) is 11.8 Å². The minimum absolute atomic E-state index is 0.372. The number of imidazole rings is 1. The Hall–Kier alpha value is -0.740. The van der Waals surface area contributed by atoms with E-state index in [1.807, 2.05) is 11.8 Å². The van der Waals surface area contributed by atoms with Crippen molar-refractivity contribution in [2.24, 2.45) is 0 Å². The van der Waals surface area contributed by atoms with Crippen LogP contribution in [0, 0.1) is 11.7 Å². The number of aromatic nitrogens is 2. The highest BCUT2D eigenvalue weighted by Crippen LogP contribution is 2.40. The molecule has 20 heavy (non-hydrogen) atoms. The van der Waals surface area contributed by atoms with Crippen molar-refractivity contribution in [1.29, 1.82) is 0 Å². The van der Waals surface area contributed by atoms with E-state index >= 15 is 0 Å². The van der Waals surface area contributed by atoms with Crippen LogP contribution in [0.2, 0.25) is 0 Å². The van der Waals surface area contributed by atoms with Crippen LogP contribution in [-0.4, -0.2) is 20.6 Å². The third kappa shape index (κ3) is 2.56. The lowest BCUT2D eigenvalue weighted by Crippen LogP contribution is -2.33. The van der Waals surface area contributed by atoms with Gasteiger partial charge in [-0.1, -0.05) is 25.3 Å². The first-order valence-corrected chi connectivity index (χ1v) is 9.01. The molecule has 0 aliphatic heterocycles. The fraction of sp³-hybridized carbons (Fsp3) is 0.562. The zero-order chi connectivity index (χ0) is 14.2. The maximum Gasteiger partial charge on any atom is 0.178 e. The van der Waals surface area contributed by atoms with Crippen LogP contribution in [0.1, 0.15) is 37.7 Å². The Balaban J connectivity index is 2.01. The van der Waals surface area contributed by atoms with Gasteiger partial charge in [0.25, 0.3) is 0 Å². The smallest absolute Gasteiger partial charge is 0.178 e. The Labute approximate surface area is 130 Å². The maximum atomic E-state index is 5.56. The summed E-state index contributed by atoms with van der Waals surface area (Å²) in [6, 6.07) is 6.57. The summed E-state index contributed by atoms with van der Waals surface area (Å²) in [6.07, 6.45) is 8.99. The minimum atomic E-state index is 0.372. The molecule has 2 aromatic rings. The predicted molar refractivity (Wildman–Crippen MR) is 91.2 cm³/mol. The van der Waals surface area contributed by atoms with Gasteiger partial charge in [-0.25, -0.2) is 0 Å². The first-order valence-electron chi connectivity index (χ1n) is 7.38. The third-order valence-electron chi connectivity index (χ3n) is 4.57. The maximum absolute atomic E-state index is 5.56. The van der Waals surface area contributed by atoms with Crippen molar-refractivity contribution in [3.05, 3.63) is 28.5 Å². The van der Waals surface area contributed by atoms with Crippen molar-refractivity contribution < 1.29 is 0 Å². The van der Waals surface area contributed by atoms with E-state index in [2.05, 4.69) is 40.9 Å². The number of thioether (sulfide) groups is 1. The highest BCUT2D eigenvalue weighted by atomic mass is 32.2. The fourth-order valence-corrected chi connectivity index (χ4v) is 4.57. The molecule has 2 nitrogen and oxygen atoms in total. The number of rotatable bonds is 3. The van der Waals surface area contributed by atoms with Gasteiger partial charge in [-0.15, -0.1) is 0 Å². The summed E-state index contributed by atoms with van der Waals surface area (Å²) in [4.78, 5) is 3.37. The van der Waals surface area contributed by atoms with Crippen LogP contribution in [0.4, 0.5) is 0 Å². The molecule has 1 aromatic heterocycles. The summed E-state index contributed by atoms with van der Waals surface area (Å²) >= 11 is 7.59. The van der Waals surface area contributed by atoms with E-state index in [1.54, 1.807) is 0 Å². The number of hydrogen-bond donors (Lipinski definition) is 1. The Morgan fingerprint density at radius 3 is 2.75 bits per heavy atom. The number of H-pyrrole nitrogens is 1. The van der Waals surface area contributed by atoms with Gasteiger partial charge in [-0.3, -0.25) is 0 Å². The zero-order valence-electron chi connectivity index (χ0n) is 12.2. The van der Waals surface area contributed by atoms with Gasteiger partial charge in [-0.05, 0) is 55.9 Å². The van der Waals surface area contributed by atoms with Crippen LogP contribution in [0.25, 0.3) is 11.0 Å². The number of aromatic amines is 1. The molecule has 0 amide bonds. The largest absolute Gasteiger partial charge is 0.331 e. The van der Waals surface area contributed by atoms with Crippen molar-refractivity contribution >= 4 is 35.0 Å². The first kappa shape index (κ1) is 14.2. The van der Waals surface area contributed by atoms with Crippen molar-refractivity contribution in [3.8, 4) is 0 Å². The number of nitrogens with zero attached hydrogens (tertiary/aromatic N) is 1. The highest BCUT2D eigenvalue weighted by molar-refractivity contribution is 8.00. The van der Waals surface area contributed by atoms with Crippen molar-refractivity contribution in [2.75, 3.05) is 6.26 Å². The van der Waals surface area contributed by atoms with Crippen molar-refractivity contribution in [1.82, 2.24) is 9.55 Å². The molecule has 1 aliphatic carbocycles. The van der Waals surface area contributed by atoms with Crippen LogP contribution < -0.4 is 0 Å². The normalized spacial score (nSPS) is 18.5. The van der Waals surface area contributed by atoms with E-state index < -0.39 is 0 Å². The van der Waals surface area contributed by atoms with E-state index in [4.69, 9.17) is 12.2 Å². The molecule has 4 heteroatoms. The Morgan fingerprint density at radius 1 is 1.30 bits per heavy atom. The molecular formula is C16H22N2S2. The summed E-state index contributed by atoms with van der Waals surface area (Å²) in [5.41, 5.74) is 3.69. The molecule has 1 aliphatic rings. The lowest BCUT2D eigenvalue weighted by atomic mass is 9.88. The van der Waals surface area contributed by atoms with Crippen molar-refractivity contribution in [2.45, 2.75) is 50.3 Å². The average molecular weight is 307 g/mol. The topological polar surface area (TPSA) is 20.7 Å². The zero-order valence-corrected chi connectivity index (χ0v) is 13.9. The van der Waals surface area contributed by atoms with Gasteiger partial charge in [0.1, 0.15) is 0 Å². The molecule has 1 fully saturated rings. The molecule has 0 saturated heterocycles. The van der Waals surface area contributed by atoms with Gasteiger partial charge in [0.2, 0.25) is 0 Å². The van der Waals surface area contributed by atoms with Gasteiger partial charge in [0.15, 0.2) is 4.77 Å². The summed E-state index contributed by atoms with van der Waals surface area (Å²) in [6.45, 7) is 3.16. The lowest BCUT2D eigenvalue weighted by Gasteiger charge is -2.36. The predicted octanol–water partition coefficient (Wildman–Crippen LogP) is 5.07. The molecule has 3 rings (SSSR count). The highest BCUT2D eigenvalue weighted by Gasteiger charge is 2.32. The van der Waals surface area contributed by atoms with E-state index in [-0.39, 0.29) is 0 Å². The summed E-state index contributed by atoms with van der Waals surface area (Å²) in [5.74, 6) is 0. The van der Waals surface area contributed by atoms with Crippen LogP contribution in [0.15, 0.2) is 18.2 Å². The first-order chi connectivity index (χ1) is 9.63. The minimum Gasteiger partial charge on any atom is -0.331 e. The molecule has 0 spiro atoms.